The second-order valence-corrected chi connectivity index (χ2v) is 6.63. The molecule has 3 N–H and O–H groups in total. The van der Waals surface area contributed by atoms with Crippen molar-refractivity contribution in [1.82, 2.24) is 4.98 Å². The number of nitrogens with one attached hydrogen (secondary N) is 1. The summed E-state index contributed by atoms with van der Waals surface area (Å²) in [4.78, 5) is 31.0. The van der Waals surface area contributed by atoms with Gasteiger partial charge in [-0.1, -0.05) is 24.3 Å². The summed E-state index contributed by atoms with van der Waals surface area (Å²) >= 11 is 0. The Morgan fingerprint density at radius 2 is 1.78 bits per heavy atom. The summed E-state index contributed by atoms with van der Waals surface area (Å²) in [6.07, 6.45) is 2.22. The van der Waals surface area contributed by atoms with Gasteiger partial charge in [-0.15, -0.1) is 0 Å². The van der Waals surface area contributed by atoms with Crippen molar-refractivity contribution in [2.24, 2.45) is 5.73 Å². The fraction of sp³-hybridized carbons (Fsp3) is 0.190. The molecule has 1 aliphatic heterocycles. The molecule has 1 fully saturated rings. The van der Waals surface area contributed by atoms with Crippen LogP contribution in [0.1, 0.15) is 33.7 Å². The smallest absolute Gasteiger partial charge is 0.274 e. The summed E-state index contributed by atoms with van der Waals surface area (Å²) < 4.78 is 0. The van der Waals surface area contributed by atoms with Gasteiger partial charge in [-0.3, -0.25) is 9.59 Å². The van der Waals surface area contributed by atoms with E-state index in [0.717, 1.165) is 42.5 Å². The highest BCUT2D eigenvalue weighted by Crippen LogP contribution is 2.30. The van der Waals surface area contributed by atoms with Gasteiger partial charge in [0.1, 0.15) is 5.69 Å². The Morgan fingerprint density at radius 3 is 2.56 bits per heavy atom. The molecule has 1 saturated heterocycles. The Balaban J connectivity index is 1.67. The third-order valence-corrected chi connectivity index (χ3v) is 4.81. The van der Waals surface area contributed by atoms with E-state index in [9.17, 15) is 9.59 Å². The van der Waals surface area contributed by atoms with Gasteiger partial charge in [-0.2, -0.15) is 0 Å². The number of fused-ring (bicyclic) bond motifs is 1. The van der Waals surface area contributed by atoms with Gasteiger partial charge in [0, 0.05) is 24.0 Å². The van der Waals surface area contributed by atoms with Crippen molar-refractivity contribution in [1.29, 1.82) is 0 Å². The van der Waals surface area contributed by atoms with Gasteiger partial charge in [0.2, 0.25) is 5.91 Å². The number of primary amides is 1. The Kier molecular flexibility index (Phi) is 4.46. The van der Waals surface area contributed by atoms with Crippen LogP contribution in [0.4, 0.5) is 11.4 Å². The first-order chi connectivity index (χ1) is 13.1. The lowest BCUT2D eigenvalue weighted by Crippen LogP contribution is -2.22. The second kappa shape index (κ2) is 7.07. The van der Waals surface area contributed by atoms with Crippen LogP contribution >= 0.6 is 0 Å². The molecule has 2 aromatic carbocycles. The number of hydrogen-bond acceptors (Lipinski definition) is 4. The minimum absolute atomic E-state index is 0.317. The molecule has 0 aliphatic carbocycles. The van der Waals surface area contributed by atoms with Crippen molar-refractivity contribution in [3.05, 3.63) is 65.9 Å². The highest BCUT2D eigenvalue weighted by Gasteiger charge is 2.19. The highest BCUT2D eigenvalue weighted by molar-refractivity contribution is 6.06. The Bertz CT molecular complexity index is 1030. The van der Waals surface area contributed by atoms with E-state index in [1.165, 1.54) is 0 Å². The van der Waals surface area contributed by atoms with Crippen molar-refractivity contribution < 1.29 is 9.59 Å². The van der Waals surface area contributed by atoms with Crippen LogP contribution in [-0.2, 0) is 0 Å². The molecule has 1 aliphatic rings. The molecule has 2 amide bonds. The maximum Gasteiger partial charge on any atom is 0.274 e. The van der Waals surface area contributed by atoms with Crippen molar-refractivity contribution in [2.75, 3.05) is 23.3 Å². The molecule has 6 nitrogen and oxygen atoms in total. The van der Waals surface area contributed by atoms with Crippen molar-refractivity contribution in [2.45, 2.75) is 12.8 Å². The van der Waals surface area contributed by atoms with Gasteiger partial charge < -0.3 is 16.0 Å². The van der Waals surface area contributed by atoms with Crippen LogP contribution < -0.4 is 16.0 Å². The van der Waals surface area contributed by atoms with Crippen molar-refractivity contribution in [3.8, 4) is 0 Å². The lowest BCUT2D eigenvalue weighted by molar-refractivity contribution is 0.0995. The van der Waals surface area contributed by atoms with Gasteiger partial charge in [-0.25, -0.2) is 4.98 Å². The Morgan fingerprint density at radius 1 is 1.00 bits per heavy atom. The van der Waals surface area contributed by atoms with Gasteiger partial charge in [-0.05, 0) is 43.2 Å². The number of pyridine rings is 1. The zero-order valence-corrected chi connectivity index (χ0v) is 14.8. The van der Waals surface area contributed by atoms with Crippen molar-refractivity contribution in [3.63, 3.8) is 0 Å². The minimum atomic E-state index is -0.526. The second-order valence-electron chi connectivity index (χ2n) is 6.63. The largest absolute Gasteiger partial charge is 0.370 e. The third kappa shape index (κ3) is 3.46. The van der Waals surface area contributed by atoms with Crippen LogP contribution in [0.15, 0.2) is 54.6 Å². The predicted molar refractivity (Wildman–Crippen MR) is 106 cm³/mol. The summed E-state index contributed by atoms with van der Waals surface area (Å²) in [5.41, 5.74) is 8.33. The number of nitrogens with two attached hydrogens (primary N) is 1. The molecular weight excluding hydrogens is 340 g/mol. The number of hydrogen-bond donors (Lipinski definition) is 2. The van der Waals surface area contributed by atoms with Crippen molar-refractivity contribution >= 4 is 34.1 Å². The maximum absolute atomic E-state index is 12.8. The zero-order chi connectivity index (χ0) is 18.8. The fourth-order valence-corrected chi connectivity index (χ4v) is 3.40. The molecular formula is C21H20N4O2. The number of nitrogens with zero attached hydrogens (tertiary/aromatic N) is 2. The van der Waals surface area contributed by atoms with E-state index in [2.05, 4.69) is 15.2 Å². The summed E-state index contributed by atoms with van der Waals surface area (Å²) in [5, 5.41) is 3.89. The minimum Gasteiger partial charge on any atom is -0.370 e. The number of aromatic nitrogens is 1. The first-order valence-electron chi connectivity index (χ1n) is 8.98. The molecule has 1 aromatic heterocycles. The zero-order valence-electron chi connectivity index (χ0n) is 14.8. The maximum atomic E-state index is 12.8. The van der Waals surface area contributed by atoms with Gasteiger partial charge in [0.25, 0.3) is 5.91 Å². The SMILES string of the molecule is NC(=O)c1ccc(N2CCCC2)c(NC(=O)c2ccc3ccccc3n2)c1. The van der Waals surface area contributed by atoms with Crippen LogP contribution in [0.2, 0.25) is 0 Å². The molecule has 0 unspecified atom stereocenters. The topological polar surface area (TPSA) is 88.3 Å². The molecule has 0 bridgehead atoms. The molecule has 0 saturated carbocycles. The van der Waals surface area contributed by atoms with Gasteiger partial charge >= 0.3 is 0 Å². The number of carbonyl (C=O) groups is 2. The molecule has 2 heterocycles. The highest BCUT2D eigenvalue weighted by atomic mass is 16.2. The predicted octanol–water partition coefficient (Wildman–Crippen LogP) is 3.19. The molecule has 0 radical (unpaired) electrons. The normalized spacial score (nSPS) is 13.7. The average Bonchev–Trinajstić information content (AvgIpc) is 3.22. The molecule has 136 valence electrons. The van der Waals surface area contributed by atoms with E-state index < -0.39 is 5.91 Å². The lowest BCUT2D eigenvalue weighted by atomic mass is 10.1. The molecule has 0 atom stereocenters. The number of carbonyl (C=O) groups excluding carboxylic acids is 2. The van der Waals surface area contributed by atoms with E-state index in [0.29, 0.717) is 16.9 Å². The Labute approximate surface area is 157 Å². The van der Waals surface area contributed by atoms with Crippen LogP contribution in [0.3, 0.4) is 0 Å². The summed E-state index contributed by atoms with van der Waals surface area (Å²) in [6, 6.07) is 16.4. The monoisotopic (exact) mass is 360 g/mol. The average molecular weight is 360 g/mol. The molecule has 4 rings (SSSR count). The standard InChI is InChI=1S/C21H20N4O2/c22-20(26)15-8-10-19(25-11-3-4-12-25)18(13-15)24-21(27)17-9-7-14-5-1-2-6-16(14)23-17/h1-2,5-10,13H,3-4,11-12H2,(H2,22,26)(H,24,27). The summed E-state index contributed by atoms with van der Waals surface area (Å²) in [7, 11) is 0. The van der Waals surface area contributed by atoms with E-state index in [1.807, 2.05) is 36.4 Å². The number of para-hydroxylation sites is 1. The van der Waals surface area contributed by atoms with Crippen LogP contribution in [0, 0.1) is 0 Å². The van der Waals surface area contributed by atoms with Gasteiger partial charge in [0.05, 0.1) is 16.9 Å². The number of amides is 2. The Hall–Kier alpha value is -3.41. The summed E-state index contributed by atoms with van der Waals surface area (Å²) in [5.74, 6) is -0.842. The third-order valence-electron chi connectivity index (χ3n) is 4.81. The lowest BCUT2D eigenvalue weighted by Gasteiger charge is -2.22. The van der Waals surface area contributed by atoms with E-state index in [-0.39, 0.29) is 5.91 Å². The van der Waals surface area contributed by atoms with E-state index in [4.69, 9.17) is 5.73 Å². The van der Waals surface area contributed by atoms with Crippen LogP contribution in [0.25, 0.3) is 10.9 Å². The number of benzene rings is 2. The molecule has 0 spiro atoms. The quantitative estimate of drug-likeness (QED) is 0.748. The molecule has 3 aromatic rings. The number of rotatable bonds is 4. The fourth-order valence-electron chi connectivity index (χ4n) is 3.40. The molecule has 6 heteroatoms. The number of anilines is 2. The molecule has 27 heavy (non-hydrogen) atoms. The van der Waals surface area contributed by atoms with E-state index >= 15 is 0 Å². The first-order valence-corrected chi connectivity index (χ1v) is 8.98. The first kappa shape index (κ1) is 17.0. The van der Waals surface area contributed by atoms with Gasteiger partial charge in [0.15, 0.2) is 0 Å². The summed E-state index contributed by atoms with van der Waals surface area (Å²) in [6.45, 7) is 1.85. The van der Waals surface area contributed by atoms with E-state index in [1.54, 1.807) is 18.2 Å². The van der Waals surface area contributed by atoms with Crippen LogP contribution in [-0.4, -0.2) is 29.9 Å². The van der Waals surface area contributed by atoms with Crippen LogP contribution in [0.5, 0.6) is 0 Å².